The van der Waals surface area contributed by atoms with E-state index in [1.165, 1.54) is 0 Å². The molecule has 0 atom stereocenters. The molecule has 1 aliphatic rings. The Labute approximate surface area is 123 Å². The smallest absolute Gasteiger partial charge is 0.261 e. The number of nitrogens with zero attached hydrogens (tertiary/aromatic N) is 1. The number of benzene rings is 1. The van der Waals surface area contributed by atoms with E-state index in [0.717, 1.165) is 0 Å². The third-order valence-electron chi connectivity index (χ3n) is 2.95. The molecule has 0 aromatic heterocycles. The van der Waals surface area contributed by atoms with Crippen LogP contribution in [0.1, 0.15) is 17.3 Å². The third kappa shape index (κ3) is 3.68. The van der Waals surface area contributed by atoms with Crippen LogP contribution < -0.4 is 10.1 Å². The van der Waals surface area contributed by atoms with E-state index in [1.807, 2.05) is 17.9 Å². The van der Waals surface area contributed by atoms with Crippen LogP contribution in [0.3, 0.4) is 0 Å². The molecule has 2 rings (SSSR count). The molecule has 0 bridgehead atoms. The van der Waals surface area contributed by atoms with E-state index in [0.29, 0.717) is 49.3 Å². The highest BCUT2D eigenvalue weighted by Gasteiger charge is 2.18. The van der Waals surface area contributed by atoms with Crippen molar-refractivity contribution in [3.8, 4) is 5.75 Å². The Morgan fingerprint density at radius 3 is 2.80 bits per heavy atom. The SMILES string of the molecule is CCOc1ccccc1C(=O)NC(=S)N1CCOCC1. The number of thiocarbonyl (C=S) groups is 1. The zero-order chi connectivity index (χ0) is 14.4. The minimum atomic E-state index is -0.245. The summed E-state index contributed by atoms with van der Waals surface area (Å²) >= 11 is 5.26. The minimum absolute atomic E-state index is 0.245. The number of morpholine rings is 1. The van der Waals surface area contributed by atoms with Crippen molar-refractivity contribution in [2.75, 3.05) is 32.9 Å². The number of nitrogens with one attached hydrogen (secondary N) is 1. The molecule has 1 fully saturated rings. The fourth-order valence-corrected chi connectivity index (χ4v) is 2.22. The Hall–Kier alpha value is -1.66. The van der Waals surface area contributed by atoms with E-state index in [9.17, 15) is 4.79 Å². The predicted molar refractivity (Wildman–Crippen MR) is 80.1 cm³/mol. The number of para-hydroxylation sites is 1. The lowest BCUT2D eigenvalue weighted by Crippen LogP contribution is -2.47. The number of carbonyl (C=O) groups is 1. The molecule has 0 unspecified atom stereocenters. The summed E-state index contributed by atoms with van der Waals surface area (Å²) in [5.41, 5.74) is 0.491. The van der Waals surface area contributed by atoms with Crippen LogP contribution in [0.5, 0.6) is 5.75 Å². The van der Waals surface area contributed by atoms with Crippen LogP contribution in [0.2, 0.25) is 0 Å². The van der Waals surface area contributed by atoms with Crippen molar-refractivity contribution in [3.05, 3.63) is 29.8 Å². The summed E-state index contributed by atoms with van der Waals surface area (Å²) in [6.45, 7) is 5.06. The Morgan fingerprint density at radius 1 is 1.40 bits per heavy atom. The maximum atomic E-state index is 12.3. The summed E-state index contributed by atoms with van der Waals surface area (Å²) in [4.78, 5) is 14.2. The van der Waals surface area contributed by atoms with Crippen molar-refractivity contribution in [1.82, 2.24) is 10.2 Å². The van der Waals surface area contributed by atoms with E-state index < -0.39 is 0 Å². The van der Waals surface area contributed by atoms with Gasteiger partial charge in [0.1, 0.15) is 5.75 Å². The highest BCUT2D eigenvalue weighted by atomic mass is 32.1. The van der Waals surface area contributed by atoms with Gasteiger partial charge in [0.15, 0.2) is 5.11 Å². The molecular weight excluding hydrogens is 276 g/mol. The van der Waals surface area contributed by atoms with Crippen LogP contribution in [-0.4, -0.2) is 48.8 Å². The standard InChI is InChI=1S/C14H18N2O3S/c1-2-19-12-6-4-3-5-11(12)13(17)15-14(20)16-7-9-18-10-8-16/h3-6H,2,7-10H2,1H3,(H,15,17,20). The van der Waals surface area contributed by atoms with E-state index in [-0.39, 0.29) is 5.91 Å². The second kappa shape index (κ2) is 7.21. The molecule has 20 heavy (non-hydrogen) atoms. The summed E-state index contributed by atoms with van der Waals surface area (Å²) in [6.07, 6.45) is 0. The third-order valence-corrected chi connectivity index (χ3v) is 3.31. The maximum Gasteiger partial charge on any atom is 0.261 e. The van der Waals surface area contributed by atoms with Crippen LogP contribution in [0.15, 0.2) is 24.3 Å². The molecule has 108 valence electrons. The minimum Gasteiger partial charge on any atom is -0.493 e. The molecule has 1 aromatic rings. The number of hydrogen-bond donors (Lipinski definition) is 1. The van der Waals surface area contributed by atoms with Gasteiger partial charge in [-0.05, 0) is 31.3 Å². The molecule has 0 spiro atoms. The first-order valence-electron chi connectivity index (χ1n) is 6.62. The number of rotatable bonds is 3. The monoisotopic (exact) mass is 294 g/mol. The number of ether oxygens (including phenoxy) is 2. The van der Waals surface area contributed by atoms with Gasteiger partial charge in [-0.1, -0.05) is 12.1 Å². The molecule has 1 aliphatic heterocycles. The molecule has 1 heterocycles. The van der Waals surface area contributed by atoms with Gasteiger partial charge in [0.05, 0.1) is 25.4 Å². The van der Waals surface area contributed by atoms with Crippen molar-refractivity contribution in [2.45, 2.75) is 6.92 Å². The lowest BCUT2D eigenvalue weighted by atomic mass is 10.2. The van der Waals surface area contributed by atoms with Gasteiger partial charge < -0.3 is 14.4 Å². The predicted octanol–water partition coefficient (Wildman–Crippen LogP) is 1.43. The van der Waals surface area contributed by atoms with Crippen molar-refractivity contribution in [1.29, 1.82) is 0 Å². The van der Waals surface area contributed by atoms with Crippen LogP contribution in [0.4, 0.5) is 0 Å². The quantitative estimate of drug-likeness (QED) is 0.855. The van der Waals surface area contributed by atoms with Crippen LogP contribution >= 0.6 is 12.2 Å². The van der Waals surface area contributed by atoms with Crippen molar-refractivity contribution < 1.29 is 14.3 Å². The average Bonchev–Trinajstić information content (AvgIpc) is 2.49. The molecule has 5 nitrogen and oxygen atoms in total. The maximum absolute atomic E-state index is 12.3. The van der Waals surface area contributed by atoms with Gasteiger partial charge in [-0.2, -0.15) is 0 Å². The van der Waals surface area contributed by atoms with Gasteiger partial charge in [0.2, 0.25) is 0 Å². The number of hydrogen-bond acceptors (Lipinski definition) is 4. The van der Waals surface area contributed by atoms with Crippen LogP contribution in [0.25, 0.3) is 0 Å². The van der Waals surface area contributed by atoms with Crippen molar-refractivity contribution >= 4 is 23.2 Å². The molecule has 0 aliphatic carbocycles. The fraction of sp³-hybridized carbons (Fsp3) is 0.429. The molecule has 0 radical (unpaired) electrons. The molecule has 1 saturated heterocycles. The van der Waals surface area contributed by atoms with Gasteiger partial charge in [0.25, 0.3) is 5.91 Å². The summed E-state index contributed by atoms with van der Waals surface area (Å²) in [5, 5.41) is 3.18. The van der Waals surface area contributed by atoms with Crippen LogP contribution in [0, 0.1) is 0 Å². The molecule has 1 aromatic carbocycles. The van der Waals surface area contributed by atoms with Gasteiger partial charge >= 0.3 is 0 Å². The summed E-state index contributed by atoms with van der Waals surface area (Å²) in [6, 6.07) is 7.13. The van der Waals surface area contributed by atoms with Crippen molar-refractivity contribution in [2.24, 2.45) is 0 Å². The fourth-order valence-electron chi connectivity index (χ4n) is 1.95. The zero-order valence-electron chi connectivity index (χ0n) is 11.4. The second-order valence-corrected chi connectivity index (χ2v) is 4.67. The van der Waals surface area contributed by atoms with E-state index >= 15 is 0 Å². The largest absolute Gasteiger partial charge is 0.493 e. The first-order valence-corrected chi connectivity index (χ1v) is 7.03. The summed E-state index contributed by atoms with van der Waals surface area (Å²) in [7, 11) is 0. The van der Waals surface area contributed by atoms with Gasteiger partial charge in [-0.25, -0.2) is 0 Å². The normalized spacial score (nSPS) is 14.8. The number of carbonyl (C=O) groups excluding carboxylic acids is 1. The Balaban J connectivity index is 2.02. The molecular formula is C14H18N2O3S. The first kappa shape index (κ1) is 14.7. The molecule has 6 heteroatoms. The topological polar surface area (TPSA) is 50.8 Å². The van der Waals surface area contributed by atoms with Crippen molar-refractivity contribution in [3.63, 3.8) is 0 Å². The highest BCUT2D eigenvalue weighted by Crippen LogP contribution is 2.17. The van der Waals surface area contributed by atoms with E-state index in [4.69, 9.17) is 21.7 Å². The first-order chi connectivity index (χ1) is 9.72. The summed E-state index contributed by atoms with van der Waals surface area (Å²) in [5.74, 6) is 0.322. The highest BCUT2D eigenvalue weighted by molar-refractivity contribution is 7.80. The Bertz CT molecular complexity index is 487. The van der Waals surface area contributed by atoms with Gasteiger partial charge in [-0.15, -0.1) is 0 Å². The Kier molecular flexibility index (Phi) is 5.31. The lowest BCUT2D eigenvalue weighted by Gasteiger charge is -2.29. The number of amides is 1. The zero-order valence-corrected chi connectivity index (χ0v) is 12.2. The second-order valence-electron chi connectivity index (χ2n) is 4.29. The summed E-state index contributed by atoms with van der Waals surface area (Å²) < 4.78 is 10.7. The molecule has 0 saturated carbocycles. The average molecular weight is 294 g/mol. The molecule has 1 amide bonds. The Morgan fingerprint density at radius 2 is 2.10 bits per heavy atom. The van der Waals surface area contributed by atoms with E-state index in [2.05, 4.69) is 5.32 Å². The molecule has 1 N–H and O–H groups in total. The lowest BCUT2D eigenvalue weighted by molar-refractivity contribution is 0.0669. The van der Waals surface area contributed by atoms with Gasteiger partial charge in [0, 0.05) is 13.1 Å². The van der Waals surface area contributed by atoms with Crippen LogP contribution in [-0.2, 0) is 4.74 Å². The van der Waals surface area contributed by atoms with Gasteiger partial charge in [-0.3, -0.25) is 10.1 Å². The van der Waals surface area contributed by atoms with E-state index in [1.54, 1.807) is 18.2 Å².